The van der Waals surface area contributed by atoms with Crippen molar-refractivity contribution < 1.29 is 0 Å². The predicted octanol–water partition coefficient (Wildman–Crippen LogP) is 1.80. The number of nitrogens with two attached hydrogens (primary N) is 1. The van der Waals surface area contributed by atoms with Crippen LogP contribution in [-0.4, -0.2) is 9.78 Å². The van der Waals surface area contributed by atoms with E-state index in [0.717, 1.165) is 11.3 Å². The third kappa shape index (κ3) is 1.36. The molecule has 0 amide bonds. The number of nitrogens with zero attached hydrogens (tertiary/aromatic N) is 2. The Hall–Kier alpha value is -0.540. The van der Waals surface area contributed by atoms with E-state index >= 15 is 0 Å². The molecule has 0 bridgehead atoms. The molecular formula is C9H14ClN3. The van der Waals surface area contributed by atoms with Crippen LogP contribution in [0.5, 0.6) is 0 Å². The van der Waals surface area contributed by atoms with Crippen LogP contribution in [0.25, 0.3) is 0 Å². The first-order chi connectivity index (χ1) is 6.24. The smallest absolute Gasteiger partial charge is 0.131 e. The molecule has 72 valence electrons. The number of aromatic nitrogens is 2. The summed E-state index contributed by atoms with van der Waals surface area (Å²) < 4.78 is 1.72. The van der Waals surface area contributed by atoms with Gasteiger partial charge in [0.25, 0.3) is 0 Å². The summed E-state index contributed by atoms with van der Waals surface area (Å²) >= 11 is 6.06. The lowest BCUT2D eigenvalue weighted by atomic mass is 9.81. The highest BCUT2D eigenvalue weighted by Crippen LogP contribution is 2.38. The molecule has 3 nitrogen and oxygen atoms in total. The molecule has 1 fully saturated rings. The maximum absolute atomic E-state index is 6.06. The quantitative estimate of drug-likeness (QED) is 0.790. The average molecular weight is 200 g/mol. The molecule has 0 aliphatic heterocycles. The van der Waals surface area contributed by atoms with Gasteiger partial charge in [-0.3, -0.25) is 4.68 Å². The van der Waals surface area contributed by atoms with Gasteiger partial charge in [-0.05, 0) is 12.8 Å². The molecule has 0 radical (unpaired) electrons. The molecule has 13 heavy (non-hydrogen) atoms. The van der Waals surface area contributed by atoms with Crippen LogP contribution >= 0.6 is 11.6 Å². The molecular weight excluding hydrogens is 186 g/mol. The first-order valence-corrected chi connectivity index (χ1v) is 5.03. The van der Waals surface area contributed by atoms with E-state index in [4.69, 9.17) is 17.3 Å². The van der Waals surface area contributed by atoms with Crippen LogP contribution in [0.15, 0.2) is 0 Å². The second-order valence-electron chi connectivity index (χ2n) is 3.61. The monoisotopic (exact) mass is 199 g/mol. The molecule has 1 aliphatic carbocycles. The Bertz CT molecular complexity index is 315. The fourth-order valence-electron chi connectivity index (χ4n) is 1.77. The number of hydrogen-bond acceptors (Lipinski definition) is 2. The fraction of sp³-hybridized carbons (Fsp3) is 0.667. The highest BCUT2D eigenvalue weighted by molar-refractivity contribution is 6.30. The Labute approximate surface area is 82.9 Å². The van der Waals surface area contributed by atoms with Gasteiger partial charge in [-0.1, -0.05) is 18.0 Å². The van der Waals surface area contributed by atoms with Crippen LogP contribution in [0.3, 0.4) is 0 Å². The summed E-state index contributed by atoms with van der Waals surface area (Å²) in [5.74, 6) is 0.609. The van der Waals surface area contributed by atoms with Crippen molar-refractivity contribution in [3.8, 4) is 0 Å². The molecule has 0 saturated heterocycles. The zero-order valence-electron chi connectivity index (χ0n) is 7.76. The summed E-state index contributed by atoms with van der Waals surface area (Å²) in [6.07, 6.45) is 3.78. The van der Waals surface area contributed by atoms with Crippen molar-refractivity contribution in [3.63, 3.8) is 0 Å². The Morgan fingerprint density at radius 1 is 1.62 bits per heavy atom. The van der Waals surface area contributed by atoms with Crippen molar-refractivity contribution in [1.29, 1.82) is 0 Å². The molecule has 1 saturated carbocycles. The van der Waals surface area contributed by atoms with Crippen molar-refractivity contribution in [1.82, 2.24) is 9.78 Å². The van der Waals surface area contributed by atoms with E-state index in [0.29, 0.717) is 17.6 Å². The maximum atomic E-state index is 6.06. The van der Waals surface area contributed by atoms with Gasteiger partial charge in [0.1, 0.15) is 5.15 Å². The molecule has 0 atom stereocenters. The zero-order chi connectivity index (χ0) is 9.42. The highest BCUT2D eigenvalue weighted by atomic mass is 35.5. The van der Waals surface area contributed by atoms with Crippen LogP contribution < -0.4 is 5.73 Å². The molecule has 1 aromatic rings. The molecule has 2 N–H and O–H groups in total. The van der Waals surface area contributed by atoms with Crippen molar-refractivity contribution in [2.45, 2.75) is 31.7 Å². The van der Waals surface area contributed by atoms with Crippen molar-refractivity contribution >= 4 is 11.6 Å². The van der Waals surface area contributed by atoms with E-state index in [1.165, 1.54) is 19.3 Å². The Kier molecular flexibility index (Phi) is 2.30. The van der Waals surface area contributed by atoms with Gasteiger partial charge in [-0.2, -0.15) is 5.10 Å². The lowest BCUT2D eigenvalue weighted by Gasteiger charge is -2.24. The van der Waals surface area contributed by atoms with Crippen LogP contribution in [0, 0.1) is 0 Å². The SMILES string of the molecule is Cn1nc(C2CCC2)c(CN)c1Cl. The highest BCUT2D eigenvalue weighted by Gasteiger charge is 2.26. The summed E-state index contributed by atoms with van der Waals surface area (Å²) in [5.41, 5.74) is 7.81. The average Bonchev–Trinajstić information content (AvgIpc) is 2.25. The second kappa shape index (κ2) is 3.31. The predicted molar refractivity (Wildman–Crippen MR) is 52.7 cm³/mol. The lowest BCUT2D eigenvalue weighted by Crippen LogP contribution is -2.12. The topological polar surface area (TPSA) is 43.8 Å². The van der Waals surface area contributed by atoms with Crippen molar-refractivity contribution in [3.05, 3.63) is 16.4 Å². The maximum Gasteiger partial charge on any atom is 0.131 e. The zero-order valence-corrected chi connectivity index (χ0v) is 8.51. The molecule has 4 heteroatoms. The van der Waals surface area contributed by atoms with Crippen LogP contribution in [0.4, 0.5) is 0 Å². The number of aryl methyl sites for hydroxylation is 1. The summed E-state index contributed by atoms with van der Waals surface area (Å²) in [6, 6.07) is 0. The molecule has 1 heterocycles. The van der Waals surface area contributed by atoms with E-state index < -0.39 is 0 Å². The molecule has 2 rings (SSSR count). The van der Waals surface area contributed by atoms with Crippen LogP contribution in [0.2, 0.25) is 5.15 Å². The molecule has 0 aromatic carbocycles. The normalized spacial score (nSPS) is 17.5. The molecule has 1 aliphatic rings. The van der Waals surface area contributed by atoms with Gasteiger partial charge in [-0.15, -0.1) is 0 Å². The van der Waals surface area contributed by atoms with Gasteiger partial charge >= 0.3 is 0 Å². The van der Waals surface area contributed by atoms with Gasteiger partial charge in [0.2, 0.25) is 0 Å². The minimum absolute atomic E-state index is 0.499. The largest absolute Gasteiger partial charge is 0.326 e. The number of halogens is 1. The van der Waals surface area contributed by atoms with Crippen molar-refractivity contribution in [2.75, 3.05) is 0 Å². The van der Waals surface area contributed by atoms with E-state index in [2.05, 4.69) is 5.10 Å². The molecule has 0 unspecified atom stereocenters. The molecule has 1 aromatic heterocycles. The Morgan fingerprint density at radius 3 is 2.77 bits per heavy atom. The van der Waals surface area contributed by atoms with Gasteiger partial charge in [0.15, 0.2) is 0 Å². The minimum atomic E-state index is 0.499. The minimum Gasteiger partial charge on any atom is -0.326 e. The standard InChI is InChI=1S/C9H14ClN3/c1-13-9(10)7(5-11)8(12-13)6-3-2-4-6/h6H,2-5,11H2,1H3. The first-order valence-electron chi connectivity index (χ1n) is 4.65. The van der Waals surface area contributed by atoms with Crippen LogP contribution in [-0.2, 0) is 13.6 Å². The fourth-order valence-corrected chi connectivity index (χ4v) is 1.98. The number of rotatable bonds is 2. The summed E-state index contributed by atoms with van der Waals surface area (Å²) in [7, 11) is 1.86. The van der Waals surface area contributed by atoms with Gasteiger partial charge in [0, 0.05) is 25.1 Å². The summed E-state index contributed by atoms with van der Waals surface area (Å²) in [4.78, 5) is 0. The Morgan fingerprint density at radius 2 is 2.31 bits per heavy atom. The number of hydrogen-bond donors (Lipinski definition) is 1. The van der Waals surface area contributed by atoms with Gasteiger partial charge in [-0.25, -0.2) is 0 Å². The summed E-state index contributed by atoms with van der Waals surface area (Å²) in [5, 5.41) is 5.11. The lowest BCUT2D eigenvalue weighted by molar-refractivity contribution is 0.405. The van der Waals surface area contributed by atoms with Crippen LogP contribution in [0.1, 0.15) is 36.4 Å². The Balaban J connectivity index is 2.37. The summed E-state index contributed by atoms with van der Waals surface area (Å²) in [6.45, 7) is 0.499. The third-order valence-electron chi connectivity index (χ3n) is 2.80. The molecule has 0 spiro atoms. The van der Waals surface area contributed by atoms with Crippen molar-refractivity contribution in [2.24, 2.45) is 12.8 Å². The van der Waals surface area contributed by atoms with Gasteiger partial charge in [0.05, 0.1) is 5.69 Å². The van der Waals surface area contributed by atoms with E-state index in [1.807, 2.05) is 7.05 Å². The third-order valence-corrected chi connectivity index (χ3v) is 3.27. The van der Waals surface area contributed by atoms with E-state index in [-0.39, 0.29) is 0 Å². The first kappa shape index (κ1) is 9.03. The second-order valence-corrected chi connectivity index (χ2v) is 3.97. The van der Waals surface area contributed by atoms with E-state index in [9.17, 15) is 0 Å². The van der Waals surface area contributed by atoms with Gasteiger partial charge < -0.3 is 5.73 Å². The van der Waals surface area contributed by atoms with E-state index in [1.54, 1.807) is 4.68 Å².